The quantitative estimate of drug-likeness (QED) is 0.158. The largest absolute Gasteiger partial charge is 0.208 e. The molecule has 0 spiro atoms. The van der Waals surface area contributed by atoms with Gasteiger partial charge in [0.25, 0.3) is 0 Å². The number of hydrogen-bond acceptors (Lipinski definition) is 4. The van der Waals surface area contributed by atoms with Crippen LogP contribution >= 0.6 is 0 Å². The molecular weight excluding hydrogens is 729 g/mol. The zero-order valence-electron chi connectivity index (χ0n) is 32.4. The molecular formula is C56H34N4. The molecule has 0 saturated heterocycles. The lowest BCUT2D eigenvalue weighted by atomic mass is 9.86. The molecule has 0 radical (unpaired) electrons. The Morgan fingerprint density at radius 3 is 1.30 bits per heavy atom. The fraction of sp³-hybridized carbons (Fsp3) is 0. The maximum absolute atomic E-state index is 9.93. The second-order valence-corrected chi connectivity index (χ2v) is 15.0. The van der Waals surface area contributed by atoms with E-state index in [2.05, 4.69) is 158 Å². The highest BCUT2D eigenvalue weighted by Gasteiger charge is 2.18. The van der Waals surface area contributed by atoms with Crippen molar-refractivity contribution in [2.45, 2.75) is 0 Å². The van der Waals surface area contributed by atoms with Crippen molar-refractivity contribution in [3.63, 3.8) is 0 Å². The van der Waals surface area contributed by atoms with Crippen LogP contribution in [-0.2, 0) is 0 Å². The number of nitriles is 1. The van der Waals surface area contributed by atoms with Crippen molar-refractivity contribution in [1.82, 2.24) is 15.0 Å². The zero-order chi connectivity index (χ0) is 40.0. The summed E-state index contributed by atoms with van der Waals surface area (Å²) in [5, 5.41) is 19.0. The van der Waals surface area contributed by atoms with Crippen LogP contribution in [0.25, 0.3) is 111 Å². The van der Waals surface area contributed by atoms with Gasteiger partial charge in [0.2, 0.25) is 0 Å². The van der Waals surface area contributed by atoms with Gasteiger partial charge in [-0.2, -0.15) is 5.26 Å². The molecule has 1 heterocycles. The van der Waals surface area contributed by atoms with Crippen LogP contribution < -0.4 is 0 Å². The molecule has 0 aliphatic rings. The molecule has 0 aliphatic heterocycles. The summed E-state index contributed by atoms with van der Waals surface area (Å²) in [5.74, 6) is 1.86. The van der Waals surface area contributed by atoms with Gasteiger partial charge in [-0.05, 0) is 95.3 Å². The Kier molecular flexibility index (Phi) is 8.50. The summed E-state index contributed by atoms with van der Waals surface area (Å²) in [7, 11) is 0. The van der Waals surface area contributed by atoms with E-state index in [1.807, 2.05) is 54.6 Å². The number of benzene rings is 10. The molecule has 0 fully saturated rings. The monoisotopic (exact) mass is 762 g/mol. The molecule has 4 nitrogen and oxygen atoms in total. The maximum Gasteiger partial charge on any atom is 0.164 e. The first-order chi connectivity index (χ1) is 29.7. The van der Waals surface area contributed by atoms with Crippen molar-refractivity contribution in [2.24, 2.45) is 0 Å². The average Bonchev–Trinajstić information content (AvgIpc) is 3.33. The summed E-state index contributed by atoms with van der Waals surface area (Å²) in [6.07, 6.45) is 0. The van der Waals surface area contributed by atoms with Crippen LogP contribution in [0.15, 0.2) is 206 Å². The summed E-state index contributed by atoms with van der Waals surface area (Å²) < 4.78 is 0. The lowest BCUT2D eigenvalue weighted by Crippen LogP contribution is -2.00. The number of fused-ring (bicyclic) bond motifs is 6. The molecule has 10 aromatic carbocycles. The normalized spacial score (nSPS) is 11.3. The van der Waals surface area contributed by atoms with Crippen molar-refractivity contribution in [1.29, 1.82) is 5.26 Å². The van der Waals surface area contributed by atoms with E-state index in [0.29, 0.717) is 23.0 Å². The smallest absolute Gasteiger partial charge is 0.164 e. The first-order valence-electron chi connectivity index (χ1n) is 20.1. The SMILES string of the molecule is N#Cc1ccc(-c2cc3c4ccccc4c(-c4cccc(-c5nc(-c6ccccc6)nc(-c6ccc(-c7ccccc7)cc6)n5)c4)cc3c3ccccc23)c2ccccc12. The van der Waals surface area contributed by atoms with E-state index in [9.17, 15) is 5.26 Å². The van der Waals surface area contributed by atoms with Crippen LogP contribution in [0.3, 0.4) is 0 Å². The minimum absolute atomic E-state index is 0.614. The lowest BCUT2D eigenvalue weighted by Gasteiger charge is -2.17. The Morgan fingerprint density at radius 2 is 0.683 bits per heavy atom. The van der Waals surface area contributed by atoms with Crippen LogP contribution in [0.5, 0.6) is 0 Å². The van der Waals surface area contributed by atoms with E-state index in [4.69, 9.17) is 15.0 Å². The molecule has 0 atom stereocenters. The highest BCUT2D eigenvalue weighted by Crippen LogP contribution is 2.44. The molecule has 0 unspecified atom stereocenters. The molecule has 0 aliphatic carbocycles. The summed E-state index contributed by atoms with van der Waals surface area (Å²) in [6, 6.07) is 74.2. The standard InChI is InChI=1S/C56H34N4/c57-35-42-30-31-49(44-21-8-7-20-43(42)44)51-34-53-46-23-10-9-22-45(46)50(33-52(53)48-25-12-11-24-47(48)51)40-18-13-19-41(32-40)56-59-54(38-16-5-2-6-17-38)58-55(60-56)39-28-26-37(27-29-39)36-14-3-1-4-15-36/h1-34H. The van der Waals surface area contributed by atoms with E-state index in [1.165, 1.54) is 21.5 Å². The average molecular weight is 763 g/mol. The van der Waals surface area contributed by atoms with Gasteiger partial charge < -0.3 is 0 Å². The van der Waals surface area contributed by atoms with Gasteiger partial charge in [0, 0.05) is 22.1 Å². The second kappa shape index (κ2) is 14.6. The first-order valence-corrected chi connectivity index (χ1v) is 20.1. The van der Waals surface area contributed by atoms with Crippen molar-refractivity contribution in [3.05, 3.63) is 212 Å². The van der Waals surface area contributed by atoms with Gasteiger partial charge in [-0.1, -0.05) is 182 Å². The van der Waals surface area contributed by atoms with Crippen LogP contribution in [0.2, 0.25) is 0 Å². The first kappa shape index (κ1) is 34.9. The van der Waals surface area contributed by atoms with E-state index in [1.54, 1.807) is 0 Å². The molecule has 11 aromatic rings. The molecule has 278 valence electrons. The van der Waals surface area contributed by atoms with E-state index >= 15 is 0 Å². The summed E-state index contributed by atoms with van der Waals surface area (Å²) in [5.41, 5.74) is 10.2. The second-order valence-electron chi connectivity index (χ2n) is 15.0. The van der Waals surface area contributed by atoms with Crippen molar-refractivity contribution < 1.29 is 0 Å². The fourth-order valence-corrected chi connectivity index (χ4v) is 8.66. The van der Waals surface area contributed by atoms with Gasteiger partial charge >= 0.3 is 0 Å². The fourth-order valence-electron chi connectivity index (χ4n) is 8.66. The highest BCUT2D eigenvalue weighted by molar-refractivity contribution is 6.24. The van der Waals surface area contributed by atoms with Gasteiger partial charge in [-0.25, -0.2) is 15.0 Å². The summed E-state index contributed by atoms with van der Waals surface area (Å²) >= 11 is 0. The minimum Gasteiger partial charge on any atom is -0.208 e. The zero-order valence-corrected chi connectivity index (χ0v) is 32.4. The molecule has 0 amide bonds. The third-order valence-corrected chi connectivity index (χ3v) is 11.6. The van der Waals surface area contributed by atoms with E-state index in [-0.39, 0.29) is 0 Å². The molecule has 60 heavy (non-hydrogen) atoms. The van der Waals surface area contributed by atoms with Crippen LogP contribution in [-0.4, -0.2) is 15.0 Å². The molecule has 0 N–H and O–H groups in total. The number of nitrogens with zero attached hydrogens (tertiary/aromatic N) is 4. The van der Waals surface area contributed by atoms with E-state index in [0.717, 1.165) is 71.6 Å². The Labute approximate surface area is 347 Å². The molecule has 0 saturated carbocycles. The van der Waals surface area contributed by atoms with Gasteiger partial charge in [0.15, 0.2) is 17.5 Å². The van der Waals surface area contributed by atoms with Crippen LogP contribution in [0.4, 0.5) is 0 Å². The van der Waals surface area contributed by atoms with Crippen LogP contribution in [0, 0.1) is 11.3 Å². The molecule has 1 aromatic heterocycles. The van der Waals surface area contributed by atoms with Crippen LogP contribution in [0.1, 0.15) is 5.56 Å². The Hall–Kier alpha value is -8.26. The Balaban J connectivity index is 1.08. The summed E-state index contributed by atoms with van der Waals surface area (Å²) in [6.45, 7) is 0. The topological polar surface area (TPSA) is 62.5 Å². The van der Waals surface area contributed by atoms with Gasteiger partial charge in [-0.3, -0.25) is 0 Å². The third kappa shape index (κ3) is 6.05. The Bertz CT molecular complexity index is 3480. The number of rotatable bonds is 6. The van der Waals surface area contributed by atoms with Crippen molar-refractivity contribution in [3.8, 4) is 73.6 Å². The highest BCUT2D eigenvalue weighted by atomic mass is 15.0. The van der Waals surface area contributed by atoms with Gasteiger partial charge in [0.1, 0.15) is 0 Å². The van der Waals surface area contributed by atoms with Crippen molar-refractivity contribution >= 4 is 43.1 Å². The third-order valence-electron chi connectivity index (χ3n) is 11.6. The van der Waals surface area contributed by atoms with Gasteiger partial charge in [0.05, 0.1) is 11.6 Å². The minimum atomic E-state index is 0.614. The maximum atomic E-state index is 9.93. The summed E-state index contributed by atoms with van der Waals surface area (Å²) in [4.78, 5) is 15.2. The molecule has 11 rings (SSSR count). The van der Waals surface area contributed by atoms with E-state index < -0.39 is 0 Å². The predicted molar refractivity (Wildman–Crippen MR) is 247 cm³/mol. The van der Waals surface area contributed by atoms with Gasteiger partial charge in [-0.15, -0.1) is 0 Å². The predicted octanol–water partition coefficient (Wildman–Crippen LogP) is 14.4. The number of aromatic nitrogens is 3. The molecule has 0 bridgehead atoms. The number of hydrogen-bond donors (Lipinski definition) is 0. The van der Waals surface area contributed by atoms with Crippen molar-refractivity contribution in [2.75, 3.05) is 0 Å². The Morgan fingerprint density at radius 1 is 0.267 bits per heavy atom. The molecule has 4 heteroatoms. The lowest BCUT2D eigenvalue weighted by molar-refractivity contribution is 1.07.